The van der Waals surface area contributed by atoms with Gasteiger partial charge in [-0.1, -0.05) is 41.9 Å². The Bertz CT molecular complexity index is 1270. The summed E-state index contributed by atoms with van der Waals surface area (Å²) in [6, 6.07) is 15.1. The van der Waals surface area contributed by atoms with Crippen molar-refractivity contribution in [1.82, 2.24) is 24.4 Å². The van der Waals surface area contributed by atoms with Crippen molar-refractivity contribution in [3.05, 3.63) is 95.3 Å². The second kappa shape index (κ2) is 9.03. The molecule has 0 radical (unpaired) electrons. The molecule has 1 aliphatic heterocycles. The highest BCUT2D eigenvalue weighted by atomic mass is 35.5. The lowest BCUT2D eigenvalue weighted by Crippen LogP contribution is -2.32. The molecule has 7 nitrogen and oxygen atoms in total. The largest absolute Gasteiger partial charge is 0.368 e. The number of amides is 1. The molecule has 33 heavy (non-hydrogen) atoms. The van der Waals surface area contributed by atoms with Crippen LogP contribution in [0.3, 0.4) is 0 Å². The molecule has 0 bridgehead atoms. The zero-order valence-electron chi connectivity index (χ0n) is 17.9. The van der Waals surface area contributed by atoms with Crippen LogP contribution in [0, 0.1) is 0 Å². The average Bonchev–Trinajstić information content (AvgIpc) is 3.52. The fourth-order valence-electron chi connectivity index (χ4n) is 4.41. The maximum Gasteiger partial charge on any atom is 0.254 e. The van der Waals surface area contributed by atoms with E-state index < -0.39 is 0 Å². The highest BCUT2D eigenvalue weighted by Gasteiger charge is 2.34. The van der Waals surface area contributed by atoms with Gasteiger partial charge in [-0.3, -0.25) is 4.79 Å². The Labute approximate surface area is 196 Å². The lowest BCUT2D eigenvalue weighted by molar-refractivity contribution is 0.0732. The number of imidazole rings is 1. The van der Waals surface area contributed by atoms with Crippen LogP contribution < -0.4 is 5.73 Å². The number of halogens is 1. The summed E-state index contributed by atoms with van der Waals surface area (Å²) in [4.78, 5) is 28.6. The number of nitrogens with two attached hydrogens (primary N) is 1. The number of nitrogens with zero attached hydrogens (tertiary/aromatic N) is 5. The molecule has 166 valence electrons. The van der Waals surface area contributed by atoms with E-state index >= 15 is 0 Å². The van der Waals surface area contributed by atoms with Crippen molar-refractivity contribution in [2.75, 3.05) is 12.3 Å². The molecule has 0 aliphatic carbocycles. The molecule has 2 aromatic carbocycles. The normalized spacial score (nSPS) is 15.7. The number of hydrogen-bond donors (Lipinski definition) is 1. The van der Waals surface area contributed by atoms with Crippen molar-refractivity contribution in [1.29, 1.82) is 0 Å². The molecule has 8 heteroatoms. The second-order valence-corrected chi connectivity index (χ2v) is 8.52. The third-order valence-corrected chi connectivity index (χ3v) is 6.23. The summed E-state index contributed by atoms with van der Waals surface area (Å²) in [5.74, 6) is 0.190. The maximum absolute atomic E-state index is 13.8. The highest BCUT2D eigenvalue weighted by Crippen LogP contribution is 2.38. The minimum atomic E-state index is -0.185. The summed E-state index contributed by atoms with van der Waals surface area (Å²) in [6.07, 6.45) is 8.81. The first-order valence-corrected chi connectivity index (χ1v) is 11.2. The van der Waals surface area contributed by atoms with Crippen LogP contribution in [0.4, 0.5) is 5.95 Å². The molecule has 1 amide bonds. The zero-order valence-corrected chi connectivity index (χ0v) is 18.7. The van der Waals surface area contributed by atoms with Crippen LogP contribution in [-0.2, 0) is 6.54 Å². The minimum absolute atomic E-state index is 0.00699. The molecule has 2 N–H and O–H groups in total. The number of benzene rings is 2. The lowest BCUT2D eigenvalue weighted by Gasteiger charge is -2.27. The minimum Gasteiger partial charge on any atom is -0.368 e. The van der Waals surface area contributed by atoms with Gasteiger partial charge in [0.15, 0.2) is 0 Å². The van der Waals surface area contributed by atoms with E-state index in [1.807, 2.05) is 64.2 Å². The number of aromatic nitrogens is 4. The van der Waals surface area contributed by atoms with E-state index in [1.165, 1.54) is 0 Å². The SMILES string of the molecule is Nc1ncc(-c2ccc(Cl)cc2)c([C@@H]2CCCN2C(=O)c2ccccc2Cn2ccnc2)n1. The fraction of sp³-hybridized carbons (Fsp3) is 0.200. The van der Waals surface area contributed by atoms with Crippen molar-refractivity contribution < 1.29 is 4.79 Å². The van der Waals surface area contributed by atoms with E-state index in [0.29, 0.717) is 23.7 Å². The molecule has 1 saturated heterocycles. The first kappa shape index (κ1) is 21.2. The number of hydrogen-bond acceptors (Lipinski definition) is 5. The number of carbonyl (C=O) groups is 1. The van der Waals surface area contributed by atoms with Crippen LogP contribution in [-0.4, -0.2) is 36.9 Å². The van der Waals surface area contributed by atoms with Gasteiger partial charge in [0.1, 0.15) is 0 Å². The van der Waals surface area contributed by atoms with Gasteiger partial charge < -0.3 is 15.2 Å². The molecular weight excluding hydrogens is 436 g/mol. The van der Waals surface area contributed by atoms with E-state index in [2.05, 4.69) is 15.0 Å². The van der Waals surface area contributed by atoms with Crippen LogP contribution in [0.2, 0.25) is 5.02 Å². The van der Waals surface area contributed by atoms with Crippen molar-refractivity contribution >= 4 is 23.5 Å². The Hall–Kier alpha value is -3.71. The maximum atomic E-state index is 13.8. The van der Waals surface area contributed by atoms with Crippen LogP contribution in [0.1, 0.15) is 40.5 Å². The standard InChI is InChI=1S/C25H23ClN6O/c26-19-9-7-17(8-10-19)21-14-29-25(27)30-23(21)22-6-3-12-32(22)24(33)20-5-2-1-4-18(20)15-31-13-11-28-16-31/h1-2,4-5,7-11,13-14,16,22H,3,6,12,15H2,(H2,27,29,30)/t22-/m0/s1. The number of anilines is 1. The van der Waals surface area contributed by atoms with Gasteiger partial charge in [-0.25, -0.2) is 15.0 Å². The average molecular weight is 459 g/mol. The van der Waals surface area contributed by atoms with E-state index in [1.54, 1.807) is 18.7 Å². The first-order valence-electron chi connectivity index (χ1n) is 10.8. The number of nitrogen functional groups attached to an aromatic ring is 1. The Kier molecular flexibility index (Phi) is 5.79. The fourth-order valence-corrected chi connectivity index (χ4v) is 4.53. The summed E-state index contributed by atoms with van der Waals surface area (Å²) >= 11 is 6.08. The number of likely N-dealkylation sites (tertiary alicyclic amines) is 1. The van der Waals surface area contributed by atoms with Gasteiger partial charge >= 0.3 is 0 Å². The summed E-state index contributed by atoms with van der Waals surface area (Å²) in [6.45, 7) is 1.24. The van der Waals surface area contributed by atoms with Gasteiger partial charge in [0.2, 0.25) is 5.95 Å². The van der Waals surface area contributed by atoms with Gasteiger partial charge in [-0.05, 0) is 42.2 Å². The van der Waals surface area contributed by atoms with Crippen molar-refractivity contribution in [3.8, 4) is 11.1 Å². The Morgan fingerprint density at radius 3 is 2.76 bits per heavy atom. The molecule has 5 rings (SSSR count). The van der Waals surface area contributed by atoms with Crippen LogP contribution in [0.15, 0.2) is 73.4 Å². The van der Waals surface area contributed by atoms with Crippen LogP contribution in [0.5, 0.6) is 0 Å². The Balaban J connectivity index is 1.50. The summed E-state index contributed by atoms with van der Waals surface area (Å²) in [5, 5.41) is 0.656. The second-order valence-electron chi connectivity index (χ2n) is 8.08. The van der Waals surface area contributed by atoms with Gasteiger partial charge in [0, 0.05) is 47.8 Å². The van der Waals surface area contributed by atoms with Crippen LogP contribution >= 0.6 is 11.6 Å². The molecule has 0 unspecified atom stereocenters. The third-order valence-electron chi connectivity index (χ3n) is 5.98. The molecule has 4 aromatic rings. The third kappa shape index (κ3) is 4.32. The number of rotatable bonds is 5. The van der Waals surface area contributed by atoms with Crippen molar-refractivity contribution in [2.45, 2.75) is 25.4 Å². The summed E-state index contributed by atoms with van der Waals surface area (Å²) in [5.41, 5.74) is 10.2. The first-order chi connectivity index (χ1) is 16.1. The molecule has 1 aliphatic rings. The topological polar surface area (TPSA) is 89.9 Å². The van der Waals surface area contributed by atoms with E-state index in [0.717, 1.165) is 35.2 Å². The summed E-state index contributed by atoms with van der Waals surface area (Å²) < 4.78 is 1.96. The van der Waals surface area contributed by atoms with E-state index in [-0.39, 0.29) is 17.9 Å². The molecule has 1 fully saturated rings. The molecule has 3 heterocycles. The van der Waals surface area contributed by atoms with Gasteiger partial charge in [0.05, 0.1) is 18.1 Å². The van der Waals surface area contributed by atoms with Gasteiger partial charge in [0.25, 0.3) is 5.91 Å². The van der Waals surface area contributed by atoms with Gasteiger partial charge in [-0.15, -0.1) is 0 Å². The smallest absolute Gasteiger partial charge is 0.254 e. The monoisotopic (exact) mass is 458 g/mol. The quantitative estimate of drug-likeness (QED) is 0.472. The van der Waals surface area contributed by atoms with Crippen molar-refractivity contribution in [2.24, 2.45) is 0 Å². The molecule has 2 aromatic heterocycles. The Morgan fingerprint density at radius 1 is 1.15 bits per heavy atom. The summed E-state index contributed by atoms with van der Waals surface area (Å²) in [7, 11) is 0. The molecule has 1 atom stereocenters. The van der Waals surface area contributed by atoms with E-state index in [9.17, 15) is 4.79 Å². The predicted molar refractivity (Wildman–Crippen MR) is 128 cm³/mol. The van der Waals surface area contributed by atoms with E-state index in [4.69, 9.17) is 17.3 Å². The van der Waals surface area contributed by atoms with Crippen molar-refractivity contribution in [3.63, 3.8) is 0 Å². The molecule has 0 saturated carbocycles. The molecular formula is C25H23ClN6O. The Morgan fingerprint density at radius 2 is 1.97 bits per heavy atom. The predicted octanol–water partition coefficient (Wildman–Crippen LogP) is 4.60. The lowest BCUT2D eigenvalue weighted by atomic mass is 9.99. The van der Waals surface area contributed by atoms with Crippen LogP contribution in [0.25, 0.3) is 11.1 Å². The zero-order chi connectivity index (χ0) is 22.8. The molecule has 0 spiro atoms. The number of carbonyl (C=O) groups excluding carboxylic acids is 1. The van der Waals surface area contributed by atoms with Gasteiger partial charge in [-0.2, -0.15) is 0 Å². The highest BCUT2D eigenvalue weighted by molar-refractivity contribution is 6.30.